The first-order valence-electron chi connectivity index (χ1n) is 5.72. The summed E-state index contributed by atoms with van der Waals surface area (Å²) in [5.41, 5.74) is 1.11. The molecular formula is C13H24O. The lowest BCUT2D eigenvalue weighted by Crippen LogP contribution is -2.18. The quantitative estimate of drug-likeness (QED) is 0.444. The Kier molecular flexibility index (Phi) is 6.52. The monoisotopic (exact) mass is 196 g/mol. The lowest BCUT2D eigenvalue weighted by Gasteiger charge is -2.15. The standard InChI is InChI=1S/C13H24O/c1-6-7-8-9-11(4)12(5)13(14)10(2)3/h10,12H,4,6-9H2,1-3,5H3. The van der Waals surface area contributed by atoms with Gasteiger partial charge in [0.15, 0.2) is 0 Å². The van der Waals surface area contributed by atoms with Crippen LogP contribution in [-0.2, 0) is 4.79 Å². The second-order valence-corrected chi connectivity index (χ2v) is 4.39. The second-order valence-electron chi connectivity index (χ2n) is 4.39. The van der Waals surface area contributed by atoms with Crippen LogP contribution in [0.5, 0.6) is 0 Å². The predicted molar refractivity (Wildman–Crippen MR) is 62.3 cm³/mol. The van der Waals surface area contributed by atoms with E-state index in [1.807, 2.05) is 20.8 Å². The van der Waals surface area contributed by atoms with Gasteiger partial charge in [-0.05, 0) is 12.8 Å². The zero-order chi connectivity index (χ0) is 11.1. The van der Waals surface area contributed by atoms with Crippen molar-refractivity contribution in [3.05, 3.63) is 12.2 Å². The molecule has 0 aliphatic heterocycles. The molecule has 0 spiro atoms. The fraction of sp³-hybridized carbons (Fsp3) is 0.769. The van der Waals surface area contributed by atoms with Gasteiger partial charge in [0.1, 0.15) is 5.78 Å². The fourth-order valence-corrected chi connectivity index (χ4v) is 1.52. The first-order valence-corrected chi connectivity index (χ1v) is 5.72. The number of carbonyl (C=O) groups excluding carboxylic acids is 1. The van der Waals surface area contributed by atoms with Gasteiger partial charge in [-0.15, -0.1) is 0 Å². The van der Waals surface area contributed by atoms with Gasteiger partial charge >= 0.3 is 0 Å². The highest BCUT2D eigenvalue weighted by atomic mass is 16.1. The molecule has 0 heterocycles. The van der Waals surface area contributed by atoms with Crippen molar-refractivity contribution in [2.45, 2.75) is 53.4 Å². The van der Waals surface area contributed by atoms with Crippen LogP contribution < -0.4 is 0 Å². The number of rotatable bonds is 7. The van der Waals surface area contributed by atoms with E-state index in [9.17, 15) is 4.79 Å². The van der Waals surface area contributed by atoms with E-state index in [2.05, 4.69) is 13.5 Å². The molecule has 0 saturated carbocycles. The fourth-order valence-electron chi connectivity index (χ4n) is 1.52. The molecule has 14 heavy (non-hydrogen) atoms. The lowest BCUT2D eigenvalue weighted by atomic mass is 9.88. The topological polar surface area (TPSA) is 17.1 Å². The summed E-state index contributed by atoms with van der Waals surface area (Å²) in [6.07, 6.45) is 4.64. The third kappa shape index (κ3) is 4.59. The van der Waals surface area contributed by atoms with Crippen LogP contribution in [0.15, 0.2) is 12.2 Å². The van der Waals surface area contributed by atoms with Gasteiger partial charge in [-0.3, -0.25) is 4.79 Å². The summed E-state index contributed by atoms with van der Waals surface area (Å²) < 4.78 is 0. The minimum Gasteiger partial charge on any atom is -0.299 e. The van der Waals surface area contributed by atoms with E-state index >= 15 is 0 Å². The molecular weight excluding hydrogens is 172 g/mol. The maximum Gasteiger partial charge on any atom is 0.142 e. The van der Waals surface area contributed by atoms with E-state index < -0.39 is 0 Å². The van der Waals surface area contributed by atoms with Gasteiger partial charge in [-0.2, -0.15) is 0 Å². The van der Waals surface area contributed by atoms with Crippen LogP contribution in [0.4, 0.5) is 0 Å². The van der Waals surface area contributed by atoms with E-state index in [0.717, 1.165) is 12.0 Å². The summed E-state index contributed by atoms with van der Waals surface area (Å²) >= 11 is 0. The minimum absolute atomic E-state index is 0.0480. The predicted octanol–water partition coefficient (Wildman–Crippen LogP) is 3.98. The Morgan fingerprint density at radius 3 is 2.21 bits per heavy atom. The normalized spacial score (nSPS) is 12.9. The highest BCUT2D eigenvalue weighted by molar-refractivity contribution is 5.84. The van der Waals surface area contributed by atoms with Crippen molar-refractivity contribution >= 4 is 5.78 Å². The molecule has 0 radical (unpaired) electrons. The number of allylic oxidation sites excluding steroid dienone is 1. The maximum absolute atomic E-state index is 11.7. The van der Waals surface area contributed by atoms with E-state index in [1.54, 1.807) is 0 Å². The Morgan fingerprint density at radius 2 is 1.79 bits per heavy atom. The number of hydrogen-bond acceptors (Lipinski definition) is 1. The smallest absolute Gasteiger partial charge is 0.142 e. The van der Waals surface area contributed by atoms with E-state index in [4.69, 9.17) is 0 Å². The van der Waals surface area contributed by atoms with E-state index in [-0.39, 0.29) is 11.8 Å². The number of ketones is 1. The Balaban J connectivity index is 3.93. The second kappa shape index (κ2) is 6.80. The van der Waals surface area contributed by atoms with Gasteiger partial charge in [0.25, 0.3) is 0 Å². The molecule has 0 aromatic heterocycles. The van der Waals surface area contributed by atoms with Crippen molar-refractivity contribution in [2.75, 3.05) is 0 Å². The van der Waals surface area contributed by atoms with Crippen LogP contribution in [-0.4, -0.2) is 5.78 Å². The van der Waals surface area contributed by atoms with Crippen LogP contribution in [0.25, 0.3) is 0 Å². The van der Waals surface area contributed by atoms with Crippen molar-refractivity contribution < 1.29 is 4.79 Å². The molecule has 0 rings (SSSR count). The summed E-state index contributed by atoms with van der Waals surface area (Å²) in [7, 11) is 0. The van der Waals surface area contributed by atoms with Crippen molar-refractivity contribution in [1.29, 1.82) is 0 Å². The van der Waals surface area contributed by atoms with Crippen molar-refractivity contribution in [2.24, 2.45) is 11.8 Å². The van der Waals surface area contributed by atoms with Gasteiger partial charge in [-0.25, -0.2) is 0 Å². The Bertz CT molecular complexity index is 191. The molecule has 0 aliphatic rings. The van der Waals surface area contributed by atoms with Gasteiger partial charge in [0.05, 0.1) is 0 Å². The molecule has 1 unspecified atom stereocenters. The Morgan fingerprint density at radius 1 is 1.21 bits per heavy atom. The number of hydrogen-bond donors (Lipinski definition) is 0. The van der Waals surface area contributed by atoms with Crippen LogP contribution in [0, 0.1) is 11.8 Å². The Labute approximate surface area is 88.6 Å². The third-order valence-corrected chi connectivity index (χ3v) is 2.71. The summed E-state index contributed by atoms with van der Waals surface area (Å²) in [5.74, 6) is 0.506. The van der Waals surface area contributed by atoms with Crippen molar-refractivity contribution in [3.8, 4) is 0 Å². The first-order chi connectivity index (χ1) is 6.50. The molecule has 1 heteroatoms. The highest BCUT2D eigenvalue weighted by Gasteiger charge is 2.18. The minimum atomic E-state index is 0.0480. The molecule has 0 aromatic carbocycles. The highest BCUT2D eigenvalue weighted by Crippen LogP contribution is 2.19. The van der Waals surface area contributed by atoms with Crippen LogP contribution in [0.3, 0.4) is 0 Å². The molecule has 1 atom stereocenters. The summed E-state index contributed by atoms with van der Waals surface area (Å²) in [6.45, 7) is 12.1. The summed E-state index contributed by atoms with van der Waals surface area (Å²) in [5, 5.41) is 0. The number of unbranched alkanes of at least 4 members (excludes halogenated alkanes) is 2. The zero-order valence-corrected chi connectivity index (χ0v) is 10.1. The first kappa shape index (κ1) is 13.4. The Hall–Kier alpha value is -0.590. The molecule has 0 saturated heterocycles. The average molecular weight is 196 g/mol. The molecule has 0 aliphatic carbocycles. The van der Waals surface area contributed by atoms with Gasteiger partial charge in [0, 0.05) is 11.8 Å². The SMILES string of the molecule is C=C(CCCCC)C(C)C(=O)C(C)C. The van der Waals surface area contributed by atoms with Crippen LogP contribution >= 0.6 is 0 Å². The number of carbonyl (C=O) groups is 1. The van der Waals surface area contributed by atoms with E-state index in [1.165, 1.54) is 19.3 Å². The van der Waals surface area contributed by atoms with Crippen molar-refractivity contribution in [3.63, 3.8) is 0 Å². The molecule has 1 nitrogen and oxygen atoms in total. The molecule has 0 aromatic rings. The van der Waals surface area contributed by atoms with Crippen molar-refractivity contribution in [1.82, 2.24) is 0 Å². The van der Waals surface area contributed by atoms with Crippen LogP contribution in [0.2, 0.25) is 0 Å². The maximum atomic E-state index is 11.7. The molecule has 0 fully saturated rings. The summed E-state index contributed by atoms with van der Waals surface area (Å²) in [4.78, 5) is 11.7. The summed E-state index contributed by atoms with van der Waals surface area (Å²) in [6, 6.07) is 0. The molecule has 82 valence electrons. The molecule has 0 N–H and O–H groups in total. The lowest BCUT2D eigenvalue weighted by molar-refractivity contribution is -0.124. The van der Waals surface area contributed by atoms with Gasteiger partial charge in [0.2, 0.25) is 0 Å². The average Bonchev–Trinajstić information content (AvgIpc) is 2.15. The molecule has 0 amide bonds. The number of Topliss-reactive ketones (excluding diaryl/α,β-unsaturated/α-hetero) is 1. The molecule has 0 bridgehead atoms. The van der Waals surface area contributed by atoms with E-state index in [0.29, 0.717) is 5.78 Å². The van der Waals surface area contributed by atoms with Gasteiger partial charge < -0.3 is 0 Å². The zero-order valence-electron chi connectivity index (χ0n) is 10.1. The van der Waals surface area contributed by atoms with Gasteiger partial charge in [-0.1, -0.05) is 52.7 Å². The third-order valence-electron chi connectivity index (χ3n) is 2.71. The van der Waals surface area contributed by atoms with Crippen LogP contribution in [0.1, 0.15) is 53.4 Å². The largest absolute Gasteiger partial charge is 0.299 e.